The van der Waals surface area contributed by atoms with Crippen molar-refractivity contribution >= 4 is 72.2 Å². The molecule has 7 heterocycles. The molecule has 4 aromatic heterocycles. The van der Waals surface area contributed by atoms with E-state index in [0.717, 1.165) is 0 Å². The lowest BCUT2D eigenvalue weighted by molar-refractivity contribution is -0.123. The number of ether oxygens (including phenoxy) is 2. The molecular weight excluding hydrogens is 698 g/mol. The molecule has 0 aromatic carbocycles. The van der Waals surface area contributed by atoms with E-state index in [2.05, 4.69) is 54.4 Å². The van der Waals surface area contributed by atoms with Crippen LogP contribution in [0.5, 0.6) is 0 Å². The van der Waals surface area contributed by atoms with Crippen LogP contribution < -0.4 is 17.0 Å². The number of rotatable bonds is 4. The molecule has 0 saturated carbocycles. The van der Waals surface area contributed by atoms with Gasteiger partial charge in [-0.25, -0.2) is 29.1 Å². The third-order valence-electron chi connectivity index (χ3n) is 8.64. The molecule has 7 rings (SSSR count). The van der Waals surface area contributed by atoms with Crippen molar-refractivity contribution in [3.63, 3.8) is 0 Å². The van der Waals surface area contributed by atoms with E-state index in [9.17, 15) is 13.9 Å². The molecule has 2 bridgehead atoms. The molecule has 3 aliphatic heterocycles. The van der Waals surface area contributed by atoms with Crippen LogP contribution in [0.2, 0.25) is 0 Å². The quantitative estimate of drug-likeness (QED) is 0.150. The molecule has 9 atom stereocenters. The van der Waals surface area contributed by atoms with Crippen molar-refractivity contribution in [3.05, 3.63) is 29.3 Å². The van der Waals surface area contributed by atoms with Gasteiger partial charge < -0.3 is 20.9 Å². The molecule has 3 fully saturated rings. The zero-order valence-corrected chi connectivity index (χ0v) is 28.6. The number of thiol groups is 2. The lowest BCUT2D eigenvalue weighted by Crippen LogP contribution is -2.46. The number of aromatic nitrogens is 8. The number of nitrogen functional groups attached to an aromatic ring is 2. The molecule has 0 radical (unpaired) electrons. The van der Waals surface area contributed by atoms with Gasteiger partial charge in [-0.05, 0) is 12.8 Å². The molecule has 254 valence electrons. The normalized spacial score (nSPS) is 36.6. The summed E-state index contributed by atoms with van der Waals surface area (Å²) in [6.07, 6.45) is 0.569. The van der Waals surface area contributed by atoms with Crippen molar-refractivity contribution in [1.82, 2.24) is 39.0 Å². The highest BCUT2D eigenvalue weighted by atomic mass is 32.7. The van der Waals surface area contributed by atoms with Gasteiger partial charge in [0.15, 0.2) is 28.9 Å². The predicted octanol–water partition coefficient (Wildman–Crippen LogP) is 3.01. The smallest absolute Gasteiger partial charge is 0.382 e. The summed E-state index contributed by atoms with van der Waals surface area (Å²) in [5.41, 5.74) is 10.8. The van der Waals surface area contributed by atoms with Gasteiger partial charge in [-0.15, -0.1) is 0 Å². The van der Waals surface area contributed by atoms with Crippen LogP contribution >= 0.6 is 38.1 Å². The summed E-state index contributed by atoms with van der Waals surface area (Å²) in [5, 5.41) is 0. The minimum Gasteiger partial charge on any atom is -0.382 e. The van der Waals surface area contributed by atoms with Crippen LogP contribution in [0.4, 0.5) is 11.8 Å². The summed E-state index contributed by atoms with van der Waals surface area (Å²) in [6.45, 7) is -5.11. The number of hydrogen-bond acceptors (Lipinski definition) is 16. The van der Waals surface area contributed by atoms with Gasteiger partial charge in [0, 0.05) is 12.3 Å². The summed E-state index contributed by atoms with van der Waals surface area (Å²) in [7, 11) is 0. The fourth-order valence-electron chi connectivity index (χ4n) is 6.38. The van der Waals surface area contributed by atoms with E-state index in [0.29, 0.717) is 17.6 Å². The summed E-state index contributed by atoms with van der Waals surface area (Å²) < 4.78 is 67.6. The highest BCUT2D eigenvalue weighted by Crippen LogP contribution is 2.63. The maximum atomic E-state index is 13.9. The van der Waals surface area contributed by atoms with Crippen LogP contribution in [0.15, 0.2) is 23.8 Å². The Morgan fingerprint density at radius 3 is 2.47 bits per heavy atom. The van der Waals surface area contributed by atoms with Crippen LogP contribution in [0.3, 0.4) is 0 Å². The van der Waals surface area contributed by atoms with Gasteiger partial charge >= 0.3 is 13.6 Å². The summed E-state index contributed by atoms with van der Waals surface area (Å²) in [4.78, 5) is 35.8. The maximum Gasteiger partial charge on any atom is 0.386 e. The Kier molecular flexibility index (Phi) is 8.47. The highest BCUT2D eigenvalue weighted by Gasteiger charge is 2.58. The molecule has 3 aliphatic rings. The van der Waals surface area contributed by atoms with Crippen molar-refractivity contribution in [1.29, 1.82) is 0 Å². The first-order valence-electron chi connectivity index (χ1n) is 14.6. The highest BCUT2D eigenvalue weighted by molar-refractivity contribution is 8.44. The van der Waals surface area contributed by atoms with Crippen molar-refractivity contribution in [2.75, 3.05) is 24.7 Å². The fourth-order valence-corrected chi connectivity index (χ4v) is 9.45. The Balaban J connectivity index is 1.24. The zero-order chi connectivity index (χ0) is 33.3. The molecule has 0 aliphatic carbocycles. The van der Waals surface area contributed by atoms with Crippen LogP contribution in [0, 0.1) is 5.92 Å². The summed E-state index contributed by atoms with van der Waals surface area (Å²) in [6, 6.07) is 0. The second kappa shape index (κ2) is 12.1. The van der Waals surface area contributed by atoms with E-state index in [-0.39, 0.29) is 49.0 Å². The minimum atomic E-state index is -4.16. The van der Waals surface area contributed by atoms with Crippen LogP contribution in [-0.4, -0.2) is 76.2 Å². The summed E-state index contributed by atoms with van der Waals surface area (Å²) >= 11 is 8.63. The third kappa shape index (κ3) is 5.89. The number of H-pyrrole nitrogens is 1. The predicted molar refractivity (Wildman–Crippen MR) is 173 cm³/mol. The Bertz CT molecular complexity index is 2000. The van der Waals surface area contributed by atoms with Gasteiger partial charge in [-0.2, -0.15) is 4.98 Å². The first kappa shape index (κ1) is 32.9. The molecule has 4 aromatic rings. The third-order valence-corrected chi connectivity index (χ3v) is 11.9. The number of nitrogens with zero attached hydrogens (tertiary/aromatic N) is 7. The number of aromatic amines is 1. The van der Waals surface area contributed by atoms with Gasteiger partial charge in [0.1, 0.15) is 35.9 Å². The summed E-state index contributed by atoms with van der Waals surface area (Å²) in [5.74, 6) is -0.410. The lowest BCUT2D eigenvalue weighted by Gasteiger charge is -2.35. The minimum absolute atomic E-state index is 0.00313. The van der Waals surface area contributed by atoms with E-state index < -0.39 is 61.4 Å². The molecule has 47 heavy (non-hydrogen) atoms. The molecule has 3 saturated heterocycles. The van der Waals surface area contributed by atoms with Gasteiger partial charge in [0.25, 0.3) is 5.56 Å². The Labute approximate surface area is 276 Å². The molecule has 0 amide bonds. The average molecular weight is 731 g/mol. The largest absolute Gasteiger partial charge is 0.386 e. The zero-order valence-electron chi connectivity index (χ0n) is 25.0. The second-order valence-electron chi connectivity index (χ2n) is 11.4. The van der Waals surface area contributed by atoms with Gasteiger partial charge in [-0.1, -0.05) is 38.3 Å². The SMILES string of the molecule is CC[C@H]1[C@H](n2cnc3c(N)ncnc32)O[C@]2(CC)COP(=O)(S)O[C@@H]3C[C@@H](CO[P@@](=O)(S)O[C@@H]12)O[C@H]3n1cnc2c(=O)[nH]c(N)nc21. The van der Waals surface area contributed by atoms with Crippen LogP contribution in [0.25, 0.3) is 22.3 Å². The number of nitrogens with two attached hydrogens (primary N) is 2. The Morgan fingerprint density at radius 1 is 1.00 bits per heavy atom. The first-order valence-corrected chi connectivity index (χ1v) is 20.0. The Morgan fingerprint density at radius 2 is 1.72 bits per heavy atom. The topological polar surface area (TPSA) is 249 Å². The van der Waals surface area contributed by atoms with Crippen molar-refractivity contribution in [3.8, 4) is 0 Å². The monoisotopic (exact) mass is 730 g/mol. The molecule has 1 unspecified atom stereocenters. The van der Waals surface area contributed by atoms with E-state index in [1.165, 1.54) is 23.5 Å². The van der Waals surface area contributed by atoms with Crippen molar-refractivity contribution in [2.24, 2.45) is 5.92 Å². The number of nitrogens with one attached hydrogen (secondary N) is 1. The van der Waals surface area contributed by atoms with Gasteiger partial charge in [0.05, 0.1) is 32.0 Å². The number of hydrogen-bond donors (Lipinski definition) is 5. The number of anilines is 2. The number of imidazole rings is 2. The average Bonchev–Trinajstić information content (AvgIpc) is 3.78. The van der Waals surface area contributed by atoms with Crippen LogP contribution in [0.1, 0.15) is 45.6 Å². The number of fused-ring (bicyclic) bond motifs is 5. The molecule has 5 N–H and O–H groups in total. The van der Waals surface area contributed by atoms with Crippen molar-refractivity contribution in [2.45, 2.75) is 69.5 Å². The Hall–Kier alpha value is -2.58. The molecule has 0 spiro atoms. The second-order valence-corrected chi connectivity index (χ2v) is 17.2. The van der Waals surface area contributed by atoms with Gasteiger partial charge in [-0.3, -0.25) is 37.0 Å². The van der Waals surface area contributed by atoms with E-state index in [4.69, 9.17) is 39.0 Å². The van der Waals surface area contributed by atoms with Gasteiger partial charge in [0.2, 0.25) is 5.95 Å². The maximum absolute atomic E-state index is 13.9. The van der Waals surface area contributed by atoms with E-state index >= 15 is 0 Å². The van der Waals surface area contributed by atoms with Crippen molar-refractivity contribution < 1.29 is 36.7 Å². The van der Waals surface area contributed by atoms with E-state index in [1.54, 1.807) is 4.57 Å². The first-order chi connectivity index (χ1) is 22.3. The van der Waals surface area contributed by atoms with E-state index in [1.807, 2.05) is 13.8 Å². The fraction of sp³-hybridized carbons (Fsp3) is 0.583. The van der Waals surface area contributed by atoms with Crippen LogP contribution in [-0.2, 0) is 36.7 Å². The molecular formula is C24H32N10O9P2S2. The molecule has 23 heteroatoms. The molecule has 19 nitrogen and oxygen atoms in total. The lowest BCUT2D eigenvalue weighted by atomic mass is 9.87. The standard InChI is InChI=1S/C24H32N10O9P2S2/c1-3-12-16-24(4-2,41-21(12)33-9-29-14-17(25)27-8-28-18(14)33)7-39-45(37,47)42-13-5-11(6-38-44(36,46)43-16)40-22(13)34-10-30-15-19(34)31-23(26)32-20(15)35/h8-13,16,21-22H,3-7H2,1-2H3,(H,36,46)(H,37,47)(H2,25,27,28)(H3,26,31,32,35)/t11-,12+,13+,16-,21+,22+,24+,44+,45?/m0/s1.